The minimum absolute atomic E-state index is 0.0523. The first-order chi connectivity index (χ1) is 10.8. The van der Waals surface area contributed by atoms with Crippen LogP contribution in [0.2, 0.25) is 0 Å². The fourth-order valence-corrected chi connectivity index (χ4v) is 2.41. The van der Waals surface area contributed by atoms with Crippen LogP contribution in [0.25, 0.3) is 0 Å². The predicted molar refractivity (Wildman–Crippen MR) is 81.8 cm³/mol. The van der Waals surface area contributed by atoms with E-state index in [-0.39, 0.29) is 11.9 Å². The molecule has 2 heterocycles. The van der Waals surface area contributed by atoms with Crippen molar-refractivity contribution in [3.8, 4) is 5.75 Å². The molecular formula is C16H20N4O2. The predicted octanol–water partition coefficient (Wildman–Crippen LogP) is 2.15. The summed E-state index contributed by atoms with van der Waals surface area (Å²) in [6, 6.07) is 7.61. The average molecular weight is 300 g/mol. The number of carbonyl (C=O) groups excluding carboxylic acids is 1. The molecule has 6 heteroatoms. The zero-order valence-electron chi connectivity index (χ0n) is 12.7. The topological polar surface area (TPSA) is 60.2 Å². The summed E-state index contributed by atoms with van der Waals surface area (Å²) in [6.07, 6.45) is 5.63. The van der Waals surface area contributed by atoms with Gasteiger partial charge in [0.25, 0.3) is 5.91 Å². The fourth-order valence-electron chi connectivity index (χ4n) is 2.41. The molecule has 22 heavy (non-hydrogen) atoms. The molecule has 0 atom stereocenters. The molecule has 0 saturated carbocycles. The number of likely N-dealkylation sites (tertiary alicyclic amines) is 1. The van der Waals surface area contributed by atoms with Gasteiger partial charge < -0.3 is 9.64 Å². The van der Waals surface area contributed by atoms with Crippen molar-refractivity contribution in [2.75, 3.05) is 19.7 Å². The third kappa shape index (κ3) is 3.10. The van der Waals surface area contributed by atoms with Gasteiger partial charge in [0, 0.05) is 24.8 Å². The van der Waals surface area contributed by atoms with Gasteiger partial charge in [-0.1, -0.05) is 18.6 Å². The molecule has 1 aromatic carbocycles. The van der Waals surface area contributed by atoms with E-state index in [1.54, 1.807) is 10.9 Å². The highest BCUT2D eigenvalue weighted by atomic mass is 16.5. The third-order valence-corrected chi connectivity index (χ3v) is 3.83. The van der Waals surface area contributed by atoms with E-state index in [4.69, 9.17) is 4.74 Å². The van der Waals surface area contributed by atoms with Gasteiger partial charge in [0.15, 0.2) is 0 Å². The Hall–Kier alpha value is -2.37. The molecule has 0 N–H and O–H groups in total. The van der Waals surface area contributed by atoms with Crippen molar-refractivity contribution in [1.82, 2.24) is 19.9 Å². The number of ether oxygens (including phenoxy) is 1. The highest BCUT2D eigenvalue weighted by molar-refractivity contribution is 5.94. The molecule has 1 saturated heterocycles. The minimum Gasteiger partial charge on any atom is -0.494 e. The van der Waals surface area contributed by atoms with Crippen molar-refractivity contribution in [3.05, 3.63) is 42.2 Å². The van der Waals surface area contributed by atoms with Crippen LogP contribution in [-0.2, 0) is 0 Å². The minimum atomic E-state index is 0.0523. The number of carbonyl (C=O) groups is 1. The van der Waals surface area contributed by atoms with Gasteiger partial charge in [0.05, 0.1) is 18.8 Å². The van der Waals surface area contributed by atoms with Crippen molar-refractivity contribution >= 4 is 5.91 Å². The summed E-state index contributed by atoms with van der Waals surface area (Å²) in [5, 5.41) is 7.75. The number of unbranched alkanes of at least 4 members (excludes halogenated alkanes) is 1. The van der Waals surface area contributed by atoms with Crippen LogP contribution >= 0.6 is 0 Å². The van der Waals surface area contributed by atoms with E-state index in [1.807, 2.05) is 35.4 Å². The largest absolute Gasteiger partial charge is 0.494 e. The van der Waals surface area contributed by atoms with Crippen LogP contribution in [0.5, 0.6) is 5.75 Å². The molecule has 1 amide bonds. The zero-order chi connectivity index (χ0) is 15.4. The number of aromatic nitrogens is 3. The van der Waals surface area contributed by atoms with Gasteiger partial charge in [-0.15, -0.1) is 5.10 Å². The van der Waals surface area contributed by atoms with Crippen molar-refractivity contribution in [1.29, 1.82) is 0 Å². The molecular weight excluding hydrogens is 280 g/mol. The molecule has 6 nitrogen and oxygen atoms in total. The number of benzene rings is 1. The SMILES string of the molecule is CCCCOc1ccc(C(=O)N2CC(n3ccnn3)C2)cc1. The lowest BCUT2D eigenvalue weighted by Gasteiger charge is -2.38. The molecule has 3 rings (SSSR count). The Balaban J connectivity index is 1.53. The molecule has 1 aliphatic rings. The first-order valence-corrected chi connectivity index (χ1v) is 7.66. The van der Waals surface area contributed by atoms with Crippen molar-refractivity contribution in [2.45, 2.75) is 25.8 Å². The molecule has 1 aromatic heterocycles. The lowest BCUT2D eigenvalue weighted by atomic mass is 10.1. The van der Waals surface area contributed by atoms with Crippen molar-refractivity contribution < 1.29 is 9.53 Å². The first-order valence-electron chi connectivity index (χ1n) is 7.66. The Morgan fingerprint density at radius 3 is 2.73 bits per heavy atom. The summed E-state index contributed by atoms with van der Waals surface area (Å²) >= 11 is 0. The van der Waals surface area contributed by atoms with E-state index in [9.17, 15) is 4.79 Å². The van der Waals surface area contributed by atoms with Crippen molar-refractivity contribution in [3.63, 3.8) is 0 Å². The molecule has 0 radical (unpaired) electrons. The van der Waals surface area contributed by atoms with E-state index in [1.165, 1.54) is 0 Å². The van der Waals surface area contributed by atoms with Gasteiger partial charge in [0.2, 0.25) is 0 Å². The Bertz CT molecular complexity index is 604. The highest BCUT2D eigenvalue weighted by Gasteiger charge is 2.32. The lowest BCUT2D eigenvalue weighted by Crippen LogP contribution is -2.50. The average Bonchev–Trinajstić information content (AvgIpc) is 3.00. The summed E-state index contributed by atoms with van der Waals surface area (Å²) < 4.78 is 7.40. The Kier molecular flexibility index (Phi) is 4.37. The number of hydrogen-bond acceptors (Lipinski definition) is 4. The molecule has 0 aliphatic carbocycles. The molecule has 0 spiro atoms. The van der Waals surface area contributed by atoms with Crippen LogP contribution in [0.15, 0.2) is 36.7 Å². The quantitative estimate of drug-likeness (QED) is 0.767. The summed E-state index contributed by atoms with van der Waals surface area (Å²) in [5.41, 5.74) is 0.694. The summed E-state index contributed by atoms with van der Waals surface area (Å²) in [4.78, 5) is 14.2. The van der Waals surface area contributed by atoms with Gasteiger partial charge in [-0.05, 0) is 30.7 Å². The zero-order valence-corrected chi connectivity index (χ0v) is 12.7. The Labute approximate surface area is 129 Å². The number of hydrogen-bond donors (Lipinski definition) is 0. The maximum Gasteiger partial charge on any atom is 0.254 e. The Morgan fingerprint density at radius 2 is 2.09 bits per heavy atom. The molecule has 1 aliphatic heterocycles. The van der Waals surface area contributed by atoms with Gasteiger partial charge in [-0.3, -0.25) is 4.79 Å². The fraction of sp³-hybridized carbons (Fsp3) is 0.438. The van der Waals surface area contributed by atoms with E-state index in [2.05, 4.69) is 17.2 Å². The van der Waals surface area contributed by atoms with E-state index in [0.717, 1.165) is 25.2 Å². The molecule has 2 aromatic rings. The molecule has 116 valence electrons. The Morgan fingerprint density at radius 1 is 1.32 bits per heavy atom. The summed E-state index contributed by atoms with van der Waals surface area (Å²) in [7, 11) is 0. The number of rotatable bonds is 6. The van der Waals surface area contributed by atoms with Crippen LogP contribution in [0.4, 0.5) is 0 Å². The molecule has 1 fully saturated rings. The first kappa shape index (κ1) is 14.6. The monoisotopic (exact) mass is 300 g/mol. The molecule has 0 bridgehead atoms. The van der Waals surface area contributed by atoms with Crippen LogP contribution in [0.3, 0.4) is 0 Å². The van der Waals surface area contributed by atoms with Crippen LogP contribution < -0.4 is 4.74 Å². The van der Waals surface area contributed by atoms with Crippen LogP contribution in [-0.4, -0.2) is 45.5 Å². The van der Waals surface area contributed by atoms with Crippen LogP contribution in [0.1, 0.15) is 36.2 Å². The second-order valence-electron chi connectivity index (χ2n) is 5.47. The lowest BCUT2D eigenvalue weighted by molar-refractivity contribution is 0.0498. The maximum absolute atomic E-state index is 12.4. The van der Waals surface area contributed by atoms with E-state index >= 15 is 0 Å². The summed E-state index contributed by atoms with van der Waals surface area (Å²) in [6.45, 7) is 4.20. The van der Waals surface area contributed by atoms with Crippen LogP contribution in [0, 0.1) is 0 Å². The van der Waals surface area contributed by atoms with E-state index < -0.39 is 0 Å². The van der Waals surface area contributed by atoms with Gasteiger partial charge in [-0.2, -0.15) is 0 Å². The van der Waals surface area contributed by atoms with Gasteiger partial charge >= 0.3 is 0 Å². The highest BCUT2D eigenvalue weighted by Crippen LogP contribution is 2.23. The number of amides is 1. The van der Waals surface area contributed by atoms with Gasteiger partial charge in [-0.25, -0.2) is 4.68 Å². The second kappa shape index (κ2) is 6.60. The maximum atomic E-state index is 12.4. The number of nitrogens with zero attached hydrogens (tertiary/aromatic N) is 4. The second-order valence-corrected chi connectivity index (χ2v) is 5.47. The smallest absolute Gasteiger partial charge is 0.254 e. The normalized spacial score (nSPS) is 14.7. The van der Waals surface area contributed by atoms with Crippen molar-refractivity contribution in [2.24, 2.45) is 0 Å². The standard InChI is InChI=1S/C16H20N4O2/c1-2-3-10-22-15-6-4-13(5-7-15)16(21)19-11-14(12-19)20-9-8-17-18-20/h4-9,14H,2-3,10-12H2,1H3. The van der Waals surface area contributed by atoms with E-state index in [0.29, 0.717) is 18.7 Å². The summed E-state index contributed by atoms with van der Waals surface area (Å²) in [5.74, 6) is 0.866. The van der Waals surface area contributed by atoms with Gasteiger partial charge in [0.1, 0.15) is 5.75 Å². The third-order valence-electron chi connectivity index (χ3n) is 3.83. The molecule has 0 unspecified atom stereocenters.